The average molecular weight is 463 g/mol. The van der Waals surface area contributed by atoms with E-state index in [1.54, 1.807) is 41.3 Å². The summed E-state index contributed by atoms with van der Waals surface area (Å²) in [5, 5.41) is 9.87. The number of anilines is 1. The van der Waals surface area contributed by atoms with E-state index in [4.69, 9.17) is 14.2 Å². The van der Waals surface area contributed by atoms with Crippen LogP contribution in [0.2, 0.25) is 0 Å². The Balaban J connectivity index is 1.39. The molecule has 0 bridgehead atoms. The van der Waals surface area contributed by atoms with Gasteiger partial charge in [0.1, 0.15) is 12.4 Å². The fraction of sp³-hybridized carbons (Fsp3) is 0.250. The SMILES string of the molecule is CCOc1cc(-c2ccn3nc(NC(=O)NCCOc4cccnc4)cc3c2)cnc1OCC. The molecule has 0 saturated heterocycles. The van der Waals surface area contributed by atoms with Crippen LogP contribution in [0.15, 0.2) is 61.2 Å². The summed E-state index contributed by atoms with van der Waals surface area (Å²) in [6.45, 7) is 5.51. The maximum Gasteiger partial charge on any atom is 0.320 e. The summed E-state index contributed by atoms with van der Waals surface area (Å²) in [5.74, 6) is 2.16. The molecule has 0 atom stereocenters. The van der Waals surface area contributed by atoms with E-state index in [-0.39, 0.29) is 6.03 Å². The second-order valence-electron chi connectivity index (χ2n) is 7.13. The zero-order valence-corrected chi connectivity index (χ0v) is 19.0. The van der Waals surface area contributed by atoms with Crippen LogP contribution in [0.3, 0.4) is 0 Å². The molecule has 4 rings (SSSR count). The van der Waals surface area contributed by atoms with Gasteiger partial charge in [0, 0.05) is 30.2 Å². The second kappa shape index (κ2) is 11.0. The molecular weight excluding hydrogens is 436 g/mol. The number of nitrogens with zero attached hydrogens (tertiary/aromatic N) is 4. The molecule has 0 aromatic carbocycles. The molecule has 0 fully saturated rings. The highest BCUT2D eigenvalue weighted by atomic mass is 16.5. The number of hydrogen-bond donors (Lipinski definition) is 2. The number of urea groups is 1. The summed E-state index contributed by atoms with van der Waals surface area (Å²) in [7, 11) is 0. The summed E-state index contributed by atoms with van der Waals surface area (Å²) in [4.78, 5) is 20.6. The van der Waals surface area contributed by atoms with Gasteiger partial charge < -0.3 is 19.5 Å². The van der Waals surface area contributed by atoms with Crippen molar-refractivity contribution >= 4 is 17.4 Å². The largest absolute Gasteiger partial charge is 0.490 e. The quantitative estimate of drug-likeness (QED) is 0.345. The number of carbonyl (C=O) groups excluding carboxylic acids is 1. The first-order valence-corrected chi connectivity index (χ1v) is 11.0. The predicted molar refractivity (Wildman–Crippen MR) is 128 cm³/mol. The van der Waals surface area contributed by atoms with E-state index in [9.17, 15) is 4.79 Å². The maximum absolute atomic E-state index is 12.2. The van der Waals surface area contributed by atoms with Gasteiger partial charge in [-0.1, -0.05) is 0 Å². The molecule has 0 saturated carbocycles. The summed E-state index contributed by atoms with van der Waals surface area (Å²) in [6, 6.07) is 10.8. The van der Waals surface area contributed by atoms with Crippen molar-refractivity contribution in [2.45, 2.75) is 13.8 Å². The molecule has 0 spiro atoms. The number of rotatable bonds is 10. The van der Waals surface area contributed by atoms with Gasteiger partial charge in [0.25, 0.3) is 5.88 Å². The van der Waals surface area contributed by atoms with Gasteiger partial charge in [-0.2, -0.15) is 0 Å². The molecule has 2 amide bonds. The molecule has 176 valence electrons. The third kappa shape index (κ3) is 5.71. The molecule has 4 aromatic heterocycles. The Morgan fingerprint density at radius 3 is 2.71 bits per heavy atom. The number of fused-ring (bicyclic) bond motifs is 1. The maximum atomic E-state index is 12.2. The van der Waals surface area contributed by atoms with Crippen molar-refractivity contribution in [2.24, 2.45) is 0 Å². The third-order valence-electron chi connectivity index (χ3n) is 4.73. The lowest BCUT2D eigenvalue weighted by Crippen LogP contribution is -2.32. The van der Waals surface area contributed by atoms with E-state index in [1.165, 1.54) is 0 Å². The molecular formula is C24H26N6O4. The fourth-order valence-electron chi connectivity index (χ4n) is 3.26. The standard InChI is InChI=1S/C24H26N6O4/c1-3-32-21-13-18(15-27-23(21)33-4-2)17-7-10-30-19(12-17)14-22(29-30)28-24(31)26-9-11-34-20-6-5-8-25-16-20/h5-8,10,12-16H,3-4,9,11H2,1-2H3,(H2,26,28,29,31). The Hall–Kier alpha value is -4.34. The van der Waals surface area contributed by atoms with Crippen LogP contribution in [0.1, 0.15) is 13.8 Å². The van der Waals surface area contributed by atoms with Crippen molar-refractivity contribution in [1.29, 1.82) is 0 Å². The number of ether oxygens (including phenoxy) is 3. The molecule has 0 aliphatic rings. The molecule has 34 heavy (non-hydrogen) atoms. The molecule has 2 N–H and O–H groups in total. The predicted octanol–water partition coefficient (Wildman–Crippen LogP) is 3.79. The minimum Gasteiger partial charge on any atom is -0.490 e. The summed E-state index contributed by atoms with van der Waals surface area (Å²) in [6.07, 6.45) is 6.86. The van der Waals surface area contributed by atoms with Crippen molar-refractivity contribution in [2.75, 3.05) is 31.7 Å². The fourth-order valence-corrected chi connectivity index (χ4v) is 3.26. The van der Waals surface area contributed by atoms with Gasteiger partial charge >= 0.3 is 6.03 Å². The van der Waals surface area contributed by atoms with Crippen molar-refractivity contribution in [3.05, 3.63) is 61.2 Å². The van der Waals surface area contributed by atoms with E-state index in [0.717, 1.165) is 16.6 Å². The van der Waals surface area contributed by atoms with Gasteiger partial charge in [0.2, 0.25) is 0 Å². The van der Waals surface area contributed by atoms with Gasteiger partial charge in [0.05, 0.1) is 31.5 Å². The Bertz CT molecular complexity index is 1240. The second-order valence-corrected chi connectivity index (χ2v) is 7.13. The van der Waals surface area contributed by atoms with E-state index in [1.807, 2.05) is 38.2 Å². The van der Waals surface area contributed by atoms with Gasteiger partial charge in [0.15, 0.2) is 11.6 Å². The van der Waals surface area contributed by atoms with Gasteiger partial charge in [-0.3, -0.25) is 10.3 Å². The Kier molecular flexibility index (Phi) is 7.39. The number of hydrogen-bond acceptors (Lipinski definition) is 7. The monoisotopic (exact) mass is 462 g/mol. The zero-order valence-electron chi connectivity index (χ0n) is 19.0. The summed E-state index contributed by atoms with van der Waals surface area (Å²) >= 11 is 0. The average Bonchev–Trinajstić information content (AvgIpc) is 3.25. The molecule has 4 aromatic rings. The first kappa shape index (κ1) is 22.8. The highest BCUT2D eigenvalue weighted by Gasteiger charge is 2.11. The van der Waals surface area contributed by atoms with Crippen LogP contribution < -0.4 is 24.8 Å². The topological polar surface area (TPSA) is 112 Å². The number of aromatic nitrogens is 4. The minimum atomic E-state index is -0.365. The van der Waals surface area contributed by atoms with Gasteiger partial charge in [-0.05, 0) is 49.7 Å². The zero-order chi connectivity index (χ0) is 23.8. The van der Waals surface area contributed by atoms with Crippen molar-refractivity contribution < 1.29 is 19.0 Å². The third-order valence-corrected chi connectivity index (χ3v) is 4.73. The molecule has 0 aliphatic carbocycles. The molecule has 0 unspecified atom stereocenters. The lowest BCUT2D eigenvalue weighted by Gasteiger charge is -2.11. The van der Waals surface area contributed by atoms with E-state index in [0.29, 0.717) is 49.6 Å². The van der Waals surface area contributed by atoms with Crippen LogP contribution in [0, 0.1) is 0 Å². The lowest BCUT2D eigenvalue weighted by molar-refractivity contribution is 0.247. The van der Waals surface area contributed by atoms with Crippen LogP contribution in [0.5, 0.6) is 17.4 Å². The number of pyridine rings is 3. The normalized spacial score (nSPS) is 10.6. The van der Waals surface area contributed by atoms with Crippen LogP contribution in [-0.2, 0) is 0 Å². The Morgan fingerprint density at radius 2 is 1.91 bits per heavy atom. The molecule has 4 heterocycles. The highest BCUT2D eigenvalue weighted by Crippen LogP contribution is 2.31. The smallest absolute Gasteiger partial charge is 0.320 e. The molecule has 10 heteroatoms. The minimum absolute atomic E-state index is 0.327. The number of nitrogens with one attached hydrogen (secondary N) is 2. The van der Waals surface area contributed by atoms with E-state index in [2.05, 4.69) is 25.7 Å². The van der Waals surface area contributed by atoms with Crippen molar-refractivity contribution in [3.8, 4) is 28.5 Å². The van der Waals surface area contributed by atoms with E-state index < -0.39 is 0 Å². The lowest BCUT2D eigenvalue weighted by atomic mass is 10.1. The van der Waals surface area contributed by atoms with Gasteiger partial charge in [-0.25, -0.2) is 14.3 Å². The van der Waals surface area contributed by atoms with Crippen LogP contribution >= 0.6 is 0 Å². The first-order valence-electron chi connectivity index (χ1n) is 11.0. The van der Waals surface area contributed by atoms with Crippen molar-refractivity contribution in [3.63, 3.8) is 0 Å². The molecule has 0 radical (unpaired) electrons. The molecule has 10 nitrogen and oxygen atoms in total. The van der Waals surface area contributed by atoms with Crippen molar-refractivity contribution in [1.82, 2.24) is 24.9 Å². The van der Waals surface area contributed by atoms with E-state index >= 15 is 0 Å². The summed E-state index contributed by atoms with van der Waals surface area (Å²) in [5.41, 5.74) is 2.64. The first-order chi connectivity index (χ1) is 16.7. The summed E-state index contributed by atoms with van der Waals surface area (Å²) < 4.78 is 18.4. The van der Waals surface area contributed by atoms with Gasteiger partial charge in [-0.15, -0.1) is 5.10 Å². The number of carbonyl (C=O) groups is 1. The Morgan fingerprint density at radius 1 is 1.03 bits per heavy atom. The van der Waals surface area contributed by atoms with Crippen LogP contribution in [0.25, 0.3) is 16.6 Å². The number of amides is 2. The molecule has 0 aliphatic heterocycles. The highest BCUT2D eigenvalue weighted by molar-refractivity contribution is 5.89. The Labute approximate surface area is 196 Å². The van der Waals surface area contributed by atoms with Crippen LogP contribution in [-0.4, -0.2) is 52.0 Å². The van der Waals surface area contributed by atoms with Crippen LogP contribution in [0.4, 0.5) is 10.6 Å².